The molecular formula is C48H57N9O8. The molecule has 0 radical (unpaired) electrons. The molecule has 342 valence electrons. The van der Waals surface area contributed by atoms with Gasteiger partial charge in [-0.15, -0.1) is 0 Å². The third-order valence-corrected chi connectivity index (χ3v) is 10.8. The minimum atomic E-state index is -1.56. The lowest BCUT2D eigenvalue weighted by molar-refractivity contribution is -0.150. The second-order valence-electron chi connectivity index (χ2n) is 15.6. The number of nitrogens with one attached hydrogen (secondary N) is 7. The summed E-state index contributed by atoms with van der Waals surface area (Å²) in [6.07, 6.45) is 1.93. The van der Waals surface area contributed by atoms with Crippen LogP contribution in [0.3, 0.4) is 0 Å². The number of aryl methyl sites for hydroxylation is 1. The molecule has 0 spiro atoms. The van der Waals surface area contributed by atoms with Crippen molar-refractivity contribution >= 4 is 58.3 Å². The average molecular weight is 888 g/mol. The number of urea groups is 2. The molecule has 0 aliphatic heterocycles. The summed E-state index contributed by atoms with van der Waals surface area (Å²) >= 11 is 0. The number of carbonyl (C=O) groups is 7. The Morgan fingerprint density at radius 3 is 2.03 bits per heavy atom. The summed E-state index contributed by atoms with van der Waals surface area (Å²) in [4.78, 5) is 98.8. The van der Waals surface area contributed by atoms with Gasteiger partial charge in [0.25, 0.3) is 0 Å². The molecule has 0 unspecified atom stereocenters. The lowest BCUT2D eigenvalue weighted by atomic mass is 10.0. The summed E-state index contributed by atoms with van der Waals surface area (Å²) < 4.78 is 5.50. The first-order valence-corrected chi connectivity index (χ1v) is 21.4. The number of primary amides is 1. The van der Waals surface area contributed by atoms with E-state index in [9.17, 15) is 33.6 Å². The number of fused-ring (bicyclic) bond motifs is 1. The summed E-state index contributed by atoms with van der Waals surface area (Å²) in [5.41, 5.74) is 10.3. The number of aromatic nitrogens is 1. The topological polar surface area (TPSA) is 246 Å². The summed E-state index contributed by atoms with van der Waals surface area (Å²) in [5.74, 6) is -3.95. The van der Waals surface area contributed by atoms with Crippen LogP contribution in [0, 0.1) is 6.92 Å². The van der Waals surface area contributed by atoms with Crippen molar-refractivity contribution in [3.05, 3.63) is 138 Å². The molecule has 4 aromatic carbocycles. The van der Waals surface area contributed by atoms with Crippen LogP contribution in [0.25, 0.3) is 10.9 Å². The Kier molecular flexibility index (Phi) is 18.0. The molecule has 0 saturated heterocycles. The number of para-hydroxylation sites is 2. The molecule has 0 aliphatic carbocycles. The van der Waals surface area contributed by atoms with Crippen LogP contribution in [0.1, 0.15) is 47.9 Å². The number of nitrogens with two attached hydrogens (primary N) is 1. The van der Waals surface area contributed by atoms with Gasteiger partial charge in [-0.1, -0.05) is 97.1 Å². The van der Waals surface area contributed by atoms with Crippen LogP contribution in [0.2, 0.25) is 0 Å². The average Bonchev–Trinajstić information content (AvgIpc) is 3.72. The van der Waals surface area contributed by atoms with Crippen LogP contribution < -0.4 is 37.6 Å². The largest absolute Gasteiger partial charge is 0.461 e. The maximum absolute atomic E-state index is 14.4. The second kappa shape index (κ2) is 24.2. The molecule has 1 heterocycles. The van der Waals surface area contributed by atoms with Gasteiger partial charge in [0.15, 0.2) is 0 Å². The number of nitrogens with zero attached hydrogens (tertiary/aromatic N) is 1. The molecule has 9 N–H and O–H groups in total. The van der Waals surface area contributed by atoms with Gasteiger partial charge < -0.3 is 52.3 Å². The van der Waals surface area contributed by atoms with Gasteiger partial charge in [0.1, 0.15) is 30.8 Å². The monoisotopic (exact) mass is 887 g/mol. The Hall–Kier alpha value is -7.69. The molecule has 0 aliphatic rings. The molecule has 17 nitrogen and oxygen atoms in total. The summed E-state index contributed by atoms with van der Waals surface area (Å²) in [6.45, 7) is 1.99. The number of anilines is 1. The first kappa shape index (κ1) is 48.3. The molecule has 17 heteroatoms. The number of hydrogen-bond acceptors (Lipinski definition) is 8. The maximum Gasteiger partial charge on any atom is 0.319 e. The van der Waals surface area contributed by atoms with Gasteiger partial charge in [0.05, 0.1) is 6.42 Å². The molecule has 5 rings (SSSR count). The minimum absolute atomic E-state index is 0.0194. The number of H-pyrrole nitrogens is 1. The van der Waals surface area contributed by atoms with Gasteiger partial charge in [0.2, 0.25) is 23.6 Å². The number of esters is 1. The number of aromatic amines is 1. The first-order valence-electron chi connectivity index (χ1n) is 21.4. The molecule has 0 fully saturated rings. The fraction of sp³-hybridized carbons (Fsp3) is 0.312. The van der Waals surface area contributed by atoms with Gasteiger partial charge in [-0.25, -0.2) is 9.59 Å². The number of hydrogen-bond donors (Lipinski definition) is 8. The van der Waals surface area contributed by atoms with Gasteiger partial charge in [-0.05, 0) is 60.6 Å². The van der Waals surface area contributed by atoms with Crippen molar-refractivity contribution < 1.29 is 38.3 Å². The molecule has 0 bridgehead atoms. The molecule has 8 amide bonds. The van der Waals surface area contributed by atoms with Gasteiger partial charge in [0, 0.05) is 56.3 Å². The van der Waals surface area contributed by atoms with E-state index in [0.717, 1.165) is 32.5 Å². The SMILES string of the molecule is CNC(=O)N[C@@H](Cc1c[nH]c2ccccc12)C(=O)N[C@@H](CCCCNC(=O)Nc1ccccc1C)C(=O)N[C@@H](CC(=O)OCc1ccccc1)C(=O)N(C)[C@@H](Cc1ccccc1)C(N)=O. The number of likely N-dealkylation sites (N-methyl/N-ethyl adjacent to an activating group) is 1. The van der Waals surface area contributed by atoms with Crippen LogP contribution >= 0.6 is 0 Å². The van der Waals surface area contributed by atoms with E-state index in [1.165, 1.54) is 14.1 Å². The maximum atomic E-state index is 14.4. The highest BCUT2D eigenvalue weighted by Crippen LogP contribution is 2.20. The van der Waals surface area contributed by atoms with Crippen LogP contribution in [-0.2, 0) is 48.2 Å². The standard InChI is InChI=1S/C48H57N9O8/c1-31-16-10-12-22-36(31)55-48(64)51-25-15-14-24-38(53-45(61)39(56-47(63)50-2)27-34-29-52-37-23-13-11-21-35(34)37)44(60)54-40(28-42(58)65-30-33-19-8-5-9-20-33)46(62)57(3)41(43(49)59)26-32-17-6-4-7-18-32/h4-13,16-23,29,38-41,52H,14-15,24-28,30H2,1-3H3,(H2,49,59)(H,53,61)(H,54,60)(H2,50,56,63)(H2,51,55,64)/t38-,39-,40-,41-/m0/s1. The van der Waals surface area contributed by atoms with E-state index < -0.39 is 72.2 Å². The zero-order valence-electron chi connectivity index (χ0n) is 36.7. The number of unbranched alkanes of at least 4 members (excludes halogenated alkanes) is 1. The van der Waals surface area contributed by atoms with E-state index >= 15 is 0 Å². The van der Waals surface area contributed by atoms with Crippen LogP contribution in [-0.4, -0.2) is 96.4 Å². The zero-order valence-corrected chi connectivity index (χ0v) is 36.7. The Morgan fingerprint density at radius 2 is 1.34 bits per heavy atom. The lowest BCUT2D eigenvalue weighted by Crippen LogP contribution is -2.59. The molecular weight excluding hydrogens is 831 g/mol. The predicted molar refractivity (Wildman–Crippen MR) is 246 cm³/mol. The third-order valence-electron chi connectivity index (χ3n) is 10.8. The predicted octanol–water partition coefficient (Wildman–Crippen LogP) is 3.97. The van der Waals surface area contributed by atoms with Crippen molar-refractivity contribution in [2.45, 2.75) is 76.2 Å². The fourth-order valence-electron chi connectivity index (χ4n) is 7.16. The third kappa shape index (κ3) is 14.7. The Bertz CT molecular complexity index is 2410. The Balaban J connectivity index is 1.37. The number of benzene rings is 4. The summed E-state index contributed by atoms with van der Waals surface area (Å²) in [5, 5.41) is 17.0. The number of ether oxygens (including phenoxy) is 1. The highest BCUT2D eigenvalue weighted by atomic mass is 16.5. The fourth-order valence-corrected chi connectivity index (χ4v) is 7.16. The number of rotatable bonds is 22. The lowest BCUT2D eigenvalue weighted by Gasteiger charge is -2.31. The van der Waals surface area contributed by atoms with Crippen molar-refractivity contribution in [2.24, 2.45) is 5.73 Å². The first-order chi connectivity index (χ1) is 31.3. The van der Waals surface area contributed by atoms with Crippen LogP contribution in [0.4, 0.5) is 15.3 Å². The molecule has 0 saturated carbocycles. The second-order valence-corrected chi connectivity index (χ2v) is 15.6. The van der Waals surface area contributed by atoms with E-state index in [4.69, 9.17) is 10.5 Å². The van der Waals surface area contributed by atoms with Crippen molar-refractivity contribution in [3.63, 3.8) is 0 Å². The minimum Gasteiger partial charge on any atom is -0.461 e. The van der Waals surface area contributed by atoms with Gasteiger partial charge in [-0.3, -0.25) is 24.0 Å². The number of carbonyl (C=O) groups excluding carboxylic acids is 7. The summed E-state index contributed by atoms with van der Waals surface area (Å²) in [6, 6.07) is 26.3. The number of amides is 8. The van der Waals surface area contributed by atoms with E-state index in [-0.39, 0.29) is 32.4 Å². The van der Waals surface area contributed by atoms with Crippen molar-refractivity contribution in [1.29, 1.82) is 0 Å². The van der Waals surface area contributed by atoms with Crippen molar-refractivity contribution in [3.8, 4) is 0 Å². The van der Waals surface area contributed by atoms with Gasteiger partial charge in [-0.2, -0.15) is 0 Å². The van der Waals surface area contributed by atoms with E-state index in [1.54, 1.807) is 66.9 Å². The van der Waals surface area contributed by atoms with Crippen LogP contribution in [0.15, 0.2) is 115 Å². The molecule has 65 heavy (non-hydrogen) atoms. The van der Waals surface area contributed by atoms with Crippen molar-refractivity contribution in [2.75, 3.05) is 26.0 Å². The molecule has 5 aromatic rings. The highest BCUT2D eigenvalue weighted by Gasteiger charge is 2.35. The van der Waals surface area contributed by atoms with Crippen LogP contribution in [0.5, 0.6) is 0 Å². The Labute approximate surface area is 377 Å². The van der Waals surface area contributed by atoms with E-state index in [0.29, 0.717) is 24.1 Å². The summed E-state index contributed by atoms with van der Waals surface area (Å²) in [7, 11) is 2.76. The molecule has 4 atom stereocenters. The quantitative estimate of drug-likeness (QED) is 0.0373. The Morgan fingerprint density at radius 1 is 0.708 bits per heavy atom. The van der Waals surface area contributed by atoms with E-state index in [2.05, 4.69) is 36.9 Å². The normalized spacial score (nSPS) is 12.7. The molecule has 1 aromatic heterocycles. The zero-order chi connectivity index (χ0) is 46.7. The highest BCUT2D eigenvalue weighted by molar-refractivity contribution is 5.97. The van der Waals surface area contributed by atoms with Gasteiger partial charge >= 0.3 is 18.0 Å². The smallest absolute Gasteiger partial charge is 0.319 e. The van der Waals surface area contributed by atoms with Crippen molar-refractivity contribution in [1.82, 2.24) is 36.5 Å². The van der Waals surface area contributed by atoms with E-state index in [1.807, 2.05) is 55.5 Å².